The van der Waals surface area contributed by atoms with Gasteiger partial charge in [0, 0.05) is 23.4 Å². The first-order valence-electron chi connectivity index (χ1n) is 8.51. The normalized spacial score (nSPS) is 19.3. The van der Waals surface area contributed by atoms with E-state index in [9.17, 15) is 0 Å². The minimum absolute atomic E-state index is 0.0278. The molecular formula is C18H24BrN5. The average molecular weight is 390 g/mol. The van der Waals surface area contributed by atoms with Gasteiger partial charge < -0.3 is 10.2 Å². The molecule has 2 aliphatic heterocycles. The number of halogens is 1. The molecule has 1 N–H and O–H groups in total. The molecule has 0 aliphatic carbocycles. The highest BCUT2D eigenvalue weighted by atomic mass is 79.9. The van der Waals surface area contributed by atoms with E-state index in [0.29, 0.717) is 0 Å². The van der Waals surface area contributed by atoms with Gasteiger partial charge in [-0.1, -0.05) is 13.8 Å². The molecule has 5 nitrogen and oxygen atoms in total. The fraction of sp³-hybridized carbons (Fsp3) is 0.444. The van der Waals surface area contributed by atoms with Crippen LogP contribution in [0.1, 0.15) is 25.8 Å². The summed E-state index contributed by atoms with van der Waals surface area (Å²) >= 11 is 3.50. The average Bonchev–Trinajstić information content (AvgIpc) is 2.96. The van der Waals surface area contributed by atoms with Crippen molar-refractivity contribution >= 4 is 27.6 Å². The molecule has 1 atom stereocenters. The lowest BCUT2D eigenvalue weighted by Gasteiger charge is -2.20. The molecule has 0 saturated heterocycles. The number of nitrogens with one attached hydrogen (secondary N) is 1. The van der Waals surface area contributed by atoms with Crippen molar-refractivity contribution in [1.29, 1.82) is 0 Å². The Hall–Kier alpha value is -1.66. The van der Waals surface area contributed by atoms with Crippen LogP contribution in [0.5, 0.6) is 0 Å². The molecule has 0 aromatic carbocycles. The lowest BCUT2D eigenvalue weighted by atomic mass is 10.2. The van der Waals surface area contributed by atoms with Crippen LogP contribution in [0.25, 0.3) is 0 Å². The number of allylic oxidation sites excluding steroid dienone is 2. The topological polar surface area (TPSA) is 43.8 Å². The van der Waals surface area contributed by atoms with Crippen LogP contribution in [-0.4, -0.2) is 46.4 Å². The van der Waals surface area contributed by atoms with E-state index in [2.05, 4.69) is 68.2 Å². The van der Waals surface area contributed by atoms with Crippen molar-refractivity contribution in [3.63, 3.8) is 0 Å². The molecule has 6 heteroatoms. The largest absolute Gasteiger partial charge is 0.347 e. The summed E-state index contributed by atoms with van der Waals surface area (Å²) in [5.74, 6) is 1.88. The van der Waals surface area contributed by atoms with E-state index in [0.717, 1.165) is 42.3 Å². The molecule has 1 aromatic heterocycles. The molecule has 0 amide bonds. The Kier molecular flexibility index (Phi) is 5.68. The third kappa shape index (κ3) is 4.24. The minimum atomic E-state index is 0.0278. The molecule has 3 rings (SSSR count). The van der Waals surface area contributed by atoms with Gasteiger partial charge in [-0.05, 0) is 65.3 Å². The molecule has 0 saturated carbocycles. The lowest BCUT2D eigenvalue weighted by molar-refractivity contribution is 0.280. The maximum atomic E-state index is 4.70. The number of pyridine rings is 1. The van der Waals surface area contributed by atoms with Crippen molar-refractivity contribution in [3.8, 4) is 0 Å². The first-order chi connectivity index (χ1) is 11.7. The fourth-order valence-corrected chi connectivity index (χ4v) is 3.36. The van der Waals surface area contributed by atoms with Crippen LogP contribution in [0.2, 0.25) is 0 Å². The summed E-state index contributed by atoms with van der Waals surface area (Å²) in [5.41, 5.74) is 1.29. The van der Waals surface area contributed by atoms with E-state index in [-0.39, 0.29) is 6.17 Å². The van der Waals surface area contributed by atoms with E-state index in [1.165, 1.54) is 12.0 Å². The summed E-state index contributed by atoms with van der Waals surface area (Å²) < 4.78 is 1.07. The maximum absolute atomic E-state index is 4.70. The molecule has 1 unspecified atom stereocenters. The number of aliphatic imine (C=N–C) groups is 1. The zero-order valence-electron chi connectivity index (χ0n) is 14.2. The molecular weight excluding hydrogens is 366 g/mol. The lowest BCUT2D eigenvalue weighted by Crippen LogP contribution is -2.28. The summed E-state index contributed by atoms with van der Waals surface area (Å²) in [6.07, 6.45) is 9.19. The van der Waals surface area contributed by atoms with Crippen LogP contribution < -0.4 is 5.32 Å². The molecule has 1 aromatic rings. The Bertz CT molecular complexity index is 667. The van der Waals surface area contributed by atoms with Gasteiger partial charge >= 0.3 is 0 Å². The highest BCUT2D eigenvalue weighted by Crippen LogP contribution is 2.21. The Balaban J connectivity index is 1.63. The highest BCUT2D eigenvalue weighted by molar-refractivity contribution is 9.11. The van der Waals surface area contributed by atoms with E-state index >= 15 is 0 Å². The number of hydrogen-bond acceptors (Lipinski definition) is 5. The van der Waals surface area contributed by atoms with Gasteiger partial charge in [0.2, 0.25) is 0 Å². The number of amidine groups is 1. The number of nitrogens with zero attached hydrogens (tertiary/aromatic N) is 4. The molecule has 0 fully saturated rings. The van der Waals surface area contributed by atoms with E-state index < -0.39 is 0 Å². The van der Waals surface area contributed by atoms with E-state index in [1.54, 1.807) is 0 Å². The van der Waals surface area contributed by atoms with Crippen LogP contribution in [0, 0.1) is 0 Å². The van der Waals surface area contributed by atoms with Crippen molar-refractivity contribution in [3.05, 3.63) is 46.7 Å². The number of hydrogen-bond donors (Lipinski definition) is 1. The SMILES string of the molecule is CCCN(CC)Cc1ccnc(NC2CN3C=C(Br)C=CC3=N2)c1. The standard InChI is InChI=1S/C18H24BrN5/c1-3-9-23(4-2)11-14-7-8-20-16(10-14)21-17-13-24-12-15(19)5-6-18(24)22-17/h5-8,10,12,17H,3-4,9,11,13H2,1-2H3,(H,20,21). The predicted octanol–water partition coefficient (Wildman–Crippen LogP) is 3.57. The van der Waals surface area contributed by atoms with Crippen molar-refractivity contribution in [2.24, 2.45) is 4.99 Å². The molecule has 3 heterocycles. The summed E-state index contributed by atoms with van der Waals surface area (Å²) in [4.78, 5) is 13.8. The Morgan fingerprint density at radius 1 is 1.38 bits per heavy atom. The quantitative estimate of drug-likeness (QED) is 0.773. The second-order valence-corrected chi connectivity index (χ2v) is 6.98. The number of aromatic nitrogens is 1. The number of fused-ring (bicyclic) bond motifs is 1. The van der Waals surface area contributed by atoms with Crippen LogP contribution in [-0.2, 0) is 6.54 Å². The van der Waals surface area contributed by atoms with Gasteiger partial charge in [0.15, 0.2) is 0 Å². The number of anilines is 1. The fourth-order valence-electron chi connectivity index (χ4n) is 2.98. The molecule has 128 valence electrons. The van der Waals surface area contributed by atoms with Gasteiger partial charge in [0.05, 0.1) is 6.54 Å². The van der Waals surface area contributed by atoms with Gasteiger partial charge in [-0.15, -0.1) is 0 Å². The predicted molar refractivity (Wildman–Crippen MR) is 103 cm³/mol. The Morgan fingerprint density at radius 2 is 2.25 bits per heavy atom. The van der Waals surface area contributed by atoms with Crippen molar-refractivity contribution in [2.45, 2.75) is 33.0 Å². The van der Waals surface area contributed by atoms with Crippen molar-refractivity contribution in [2.75, 3.05) is 25.0 Å². The summed E-state index contributed by atoms with van der Waals surface area (Å²) in [6, 6.07) is 4.23. The first kappa shape index (κ1) is 17.2. The maximum Gasteiger partial charge on any atom is 0.140 e. The number of rotatable bonds is 7. The third-order valence-corrected chi connectivity index (χ3v) is 4.62. The van der Waals surface area contributed by atoms with Crippen LogP contribution in [0.15, 0.2) is 46.2 Å². The Morgan fingerprint density at radius 3 is 3.04 bits per heavy atom. The van der Waals surface area contributed by atoms with E-state index in [1.807, 2.05) is 18.3 Å². The van der Waals surface area contributed by atoms with E-state index in [4.69, 9.17) is 4.99 Å². The van der Waals surface area contributed by atoms with Gasteiger partial charge in [-0.2, -0.15) is 0 Å². The molecule has 0 radical (unpaired) electrons. The monoisotopic (exact) mass is 389 g/mol. The van der Waals surface area contributed by atoms with Crippen molar-refractivity contribution in [1.82, 2.24) is 14.8 Å². The van der Waals surface area contributed by atoms with Gasteiger partial charge in [-0.25, -0.2) is 9.98 Å². The summed E-state index contributed by atoms with van der Waals surface area (Å²) in [5, 5.41) is 3.44. The second kappa shape index (κ2) is 7.94. The molecule has 24 heavy (non-hydrogen) atoms. The minimum Gasteiger partial charge on any atom is -0.347 e. The molecule has 0 bridgehead atoms. The summed E-state index contributed by atoms with van der Waals surface area (Å²) in [6.45, 7) is 8.40. The van der Waals surface area contributed by atoms with Crippen molar-refractivity contribution < 1.29 is 0 Å². The van der Waals surface area contributed by atoms with Gasteiger partial charge in [0.25, 0.3) is 0 Å². The van der Waals surface area contributed by atoms with Crippen LogP contribution in [0.3, 0.4) is 0 Å². The second-order valence-electron chi connectivity index (χ2n) is 6.07. The highest BCUT2D eigenvalue weighted by Gasteiger charge is 2.24. The molecule has 2 aliphatic rings. The smallest absolute Gasteiger partial charge is 0.140 e. The van der Waals surface area contributed by atoms with Crippen LogP contribution >= 0.6 is 15.9 Å². The van der Waals surface area contributed by atoms with Gasteiger partial charge in [-0.3, -0.25) is 4.90 Å². The Labute approximate surface area is 152 Å². The van der Waals surface area contributed by atoms with Crippen LogP contribution in [0.4, 0.5) is 5.82 Å². The first-order valence-corrected chi connectivity index (χ1v) is 9.31. The molecule has 0 spiro atoms. The zero-order chi connectivity index (χ0) is 16.9. The third-order valence-electron chi connectivity index (χ3n) is 4.15. The van der Waals surface area contributed by atoms with Gasteiger partial charge in [0.1, 0.15) is 17.8 Å². The zero-order valence-corrected chi connectivity index (χ0v) is 15.8. The summed E-state index contributed by atoms with van der Waals surface area (Å²) in [7, 11) is 0.